The van der Waals surface area contributed by atoms with E-state index in [-0.39, 0.29) is 36.8 Å². The van der Waals surface area contributed by atoms with Gasteiger partial charge in [-0.2, -0.15) is 0 Å². The Morgan fingerprint density at radius 2 is 1.88 bits per heavy atom. The van der Waals surface area contributed by atoms with Crippen molar-refractivity contribution in [3.8, 4) is 0 Å². The Bertz CT molecular complexity index is 212. The van der Waals surface area contributed by atoms with Crippen molar-refractivity contribution in [1.29, 1.82) is 0 Å². The summed E-state index contributed by atoms with van der Waals surface area (Å²) >= 11 is 0. The van der Waals surface area contributed by atoms with E-state index in [1.54, 1.807) is 6.92 Å². The van der Waals surface area contributed by atoms with Crippen LogP contribution in [0.3, 0.4) is 0 Å². The topological polar surface area (TPSA) is 67.6 Å². The molecular weight excluding hydrogens is 265 g/mol. The van der Waals surface area contributed by atoms with Gasteiger partial charge in [-0.1, -0.05) is 0 Å². The molecule has 1 aliphatic heterocycles. The highest BCUT2D eigenvalue weighted by atomic mass is 35.5. The Morgan fingerprint density at radius 1 is 1.35 bits per heavy atom. The molecule has 0 aromatic heterocycles. The molecule has 0 saturated carbocycles. The predicted octanol–water partition coefficient (Wildman–Crippen LogP) is 0.0141. The minimum absolute atomic E-state index is 0. The second kappa shape index (κ2) is 9.91. The van der Waals surface area contributed by atoms with E-state index in [9.17, 15) is 4.79 Å². The third-order valence-electron chi connectivity index (χ3n) is 2.44. The number of hydrogen-bond acceptors (Lipinski definition) is 4. The SMILES string of the molecule is CC(CN1CCOCC1)NC(=O)[C@@H](C)N.Cl.Cl. The minimum Gasteiger partial charge on any atom is -0.379 e. The third-order valence-corrected chi connectivity index (χ3v) is 2.44. The molecule has 0 aliphatic carbocycles. The standard InChI is InChI=1S/C10H21N3O2.2ClH/c1-8(12-10(14)9(2)11)7-13-3-5-15-6-4-13;;/h8-9H,3-7,11H2,1-2H3,(H,12,14);2*1H/t8?,9-;;/m1../s1. The molecule has 0 spiro atoms. The van der Waals surface area contributed by atoms with E-state index in [2.05, 4.69) is 10.2 Å². The van der Waals surface area contributed by atoms with Gasteiger partial charge in [-0.15, -0.1) is 24.8 Å². The number of amides is 1. The lowest BCUT2D eigenvalue weighted by Crippen LogP contribution is -2.49. The quantitative estimate of drug-likeness (QED) is 0.765. The number of ether oxygens (including phenoxy) is 1. The molecule has 2 atom stereocenters. The van der Waals surface area contributed by atoms with Crippen molar-refractivity contribution in [3.05, 3.63) is 0 Å². The summed E-state index contributed by atoms with van der Waals surface area (Å²) < 4.78 is 5.25. The molecule has 1 saturated heterocycles. The van der Waals surface area contributed by atoms with Crippen molar-refractivity contribution in [3.63, 3.8) is 0 Å². The van der Waals surface area contributed by atoms with Gasteiger partial charge in [-0.05, 0) is 13.8 Å². The van der Waals surface area contributed by atoms with Gasteiger partial charge in [0.15, 0.2) is 0 Å². The van der Waals surface area contributed by atoms with E-state index < -0.39 is 6.04 Å². The highest BCUT2D eigenvalue weighted by molar-refractivity contribution is 5.85. The first-order chi connectivity index (χ1) is 7.09. The summed E-state index contributed by atoms with van der Waals surface area (Å²) in [5, 5.41) is 2.88. The van der Waals surface area contributed by atoms with Crippen LogP contribution >= 0.6 is 24.8 Å². The van der Waals surface area contributed by atoms with Gasteiger partial charge in [0, 0.05) is 25.7 Å². The van der Waals surface area contributed by atoms with E-state index in [1.165, 1.54) is 0 Å². The maximum absolute atomic E-state index is 11.3. The van der Waals surface area contributed by atoms with Crippen LogP contribution in [0.25, 0.3) is 0 Å². The molecule has 1 amide bonds. The van der Waals surface area contributed by atoms with E-state index in [1.807, 2.05) is 6.92 Å². The fraction of sp³-hybridized carbons (Fsp3) is 0.900. The van der Waals surface area contributed by atoms with Crippen molar-refractivity contribution in [2.45, 2.75) is 25.9 Å². The van der Waals surface area contributed by atoms with Crippen LogP contribution in [0.15, 0.2) is 0 Å². The third kappa shape index (κ3) is 7.78. The molecule has 17 heavy (non-hydrogen) atoms. The highest BCUT2D eigenvalue weighted by Gasteiger charge is 2.16. The van der Waals surface area contributed by atoms with Crippen LogP contribution in [-0.2, 0) is 9.53 Å². The van der Waals surface area contributed by atoms with E-state index in [0.717, 1.165) is 32.8 Å². The van der Waals surface area contributed by atoms with Crippen LogP contribution in [0.4, 0.5) is 0 Å². The number of hydrogen-bond donors (Lipinski definition) is 2. The highest BCUT2D eigenvalue weighted by Crippen LogP contribution is 1.98. The first-order valence-corrected chi connectivity index (χ1v) is 5.45. The Labute approximate surface area is 115 Å². The predicted molar refractivity (Wildman–Crippen MR) is 73.0 cm³/mol. The van der Waals surface area contributed by atoms with Gasteiger partial charge in [0.1, 0.15) is 0 Å². The molecule has 1 heterocycles. The Morgan fingerprint density at radius 3 is 2.35 bits per heavy atom. The van der Waals surface area contributed by atoms with Crippen molar-refractivity contribution in [2.75, 3.05) is 32.8 Å². The van der Waals surface area contributed by atoms with E-state index >= 15 is 0 Å². The fourth-order valence-corrected chi connectivity index (χ4v) is 1.59. The molecule has 0 aromatic rings. The molecule has 0 bridgehead atoms. The van der Waals surface area contributed by atoms with Gasteiger partial charge in [-0.25, -0.2) is 0 Å². The molecule has 1 rings (SSSR count). The Balaban J connectivity index is 0. The number of rotatable bonds is 4. The Hall–Kier alpha value is -0.0700. The molecule has 3 N–H and O–H groups in total. The van der Waals surface area contributed by atoms with Crippen molar-refractivity contribution in [1.82, 2.24) is 10.2 Å². The Kier molecular flexibility index (Phi) is 11.2. The van der Waals surface area contributed by atoms with Crippen LogP contribution in [0, 0.1) is 0 Å². The van der Waals surface area contributed by atoms with Crippen molar-refractivity contribution in [2.24, 2.45) is 5.73 Å². The summed E-state index contributed by atoms with van der Waals surface area (Å²) in [5.41, 5.74) is 5.47. The molecule has 0 aromatic carbocycles. The molecule has 5 nitrogen and oxygen atoms in total. The van der Waals surface area contributed by atoms with Gasteiger partial charge in [0.25, 0.3) is 0 Å². The monoisotopic (exact) mass is 287 g/mol. The van der Waals surface area contributed by atoms with Crippen LogP contribution < -0.4 is 11.1 Å². The van der Waals surface area contributed by atoms with Crippen molar-refractivity contribution < 1.29 is 9.53 Å². The molecule has 1 fully saturated rings. The van der Waals surface area contributed by atoms with Crippen LogP contribution in [0.1, 0.15) is 13.8 Å². The largest absolute Gasteiger partial charge is 0.379 e. The number of halogens is 2. The van der Waals surface area contributed by atoms with Crippen LogP contribution in [0.5, 0.6) is 0 Å². The maximum atomic E-state index is 11.3. The van der Waals surface area contributed by atoms with Gasteiger partial charge in [-0.3, -0.25) is 9.69 Å². The first-order valence-electron chi connectivity index (χ1n) is 5.45. The number of nitrogens with two attached hydrogens (primary N) is 1. The summed E-state index contributed by atoms with van der Waals surface area (Å²) in [6.45, 7) is 8.01. The fourth-order valence-electron chi connectivity index (χ4n) is 1.59. The zero-order valence-electron chi connectivity index (χ0n) is 10.3. The van der Waals surface area contributed by atoms with Gasteiger partial charge in [0.05, 0.1) is 19.3 Å². The van der Waals surface area contributed by atoms with Gasteiger partial charge >= 0.3 is 0 Å². The molecule has 1 aliphatic rings. The first kappa shape index (κ1) is 19.3. The van der Waals surface area contributed by atoms with Crippen molar-refractivity contribution >= 4 is 30.7 Å². The number of nitrogens with one attached hydrogen (secondary N) is 1. The summed E-state index contributed by atoms with van der Waals surface area (Å²) in [7, 11) is 0. The number of nitrogens with zero attached hydrogens (tertiary/aromatic N) is 1. The smallest absolute Gasteiger partial charge is 0.236 e. The molecule has 7 heteroatoms. The second-order valence-electron chi connectivity index (χ2n) is 4.11. The molecular formula is C10H23Cl2N3O2. The van der Waals surface area contributed by atoms with Gasteiger partial charge < -0.3 is 15.8 Å². The zero-order chi connectivity index (χ0) is 11.3. The zero-order valence-corrected chi connectivity index (χ0v) is 12.0. The van der Waals surface area contributed by atoms with E-state index in [4.69, 9.17) is 10.5 Å². The van der Waals surface area contributed by atoms with Crippen LogP contribution in [-0.4, -0.2) is 55.7 Å². The average molecular weight is 288 g/mol. The van der Waals surface area contributed by atoms with E-state index in [0.29, 0.717) is 0 Å². The molecule has 104 valence electrons. The second-order valence-corrected chi connectivity index (χ2v) is 4.11. The summed E-state index contributed by atoms with van der Waals surface area (Å²) in [5.74, 6) is -0.0873. The van der Waals surface area contributed by atoms with Crippen LogP contribution in [0.2, 0.25) is 0 Å². The summed E-state index contributed by atoms with van der Waals surface area (Å²) in [4.78, 5) is 13.6. The van der Waals surface area contributed by atoms with Gasteiger partial charge in [0.2, 0.25) is 5.91 Å². The number of morpholine rings is 1. The molecule has 0 radical (unpaired) electrons. The number of carbonyl (C=O) groups excluding carboxylic acids is 1. The lowest BCUT2D eigenvalue weighted by molar-refractivity contribution is -0.122. The average Bonchev–Trinajstić information content (AvgIpc) is 2.18. The molecule has 1 unspecified atom stereocenters. The normalized spacial score (nSPS) is 19.5. The lowest BCUT2D eigenvalue weighted by atomic mass is 10.2. The number of carbonyl (C=O) groups is 1. The maximum Gasteiger partial charge on any atom is 0.236 e. The summed E-state index contributed by atoms with van der Waals surface area (Å²) in [6, 6.07) is -0.293. The summed E-state index contributed by atoms with van der Waals surface area (Å²) in [6.07, 6.45) is 0. The minimum atomic E-state index is -0.433. The lowest BCUT2D eigenvalue weighted by Gasteiger charge is -2.29.